The molecular weight excluding hydrogens is 595 g/mol. The smallest absolute Gasteiger partial charge is 0.0554 e. The van der Waals surface area contributed by atoms with E-state index in [0.29, 0.717) is 0 Å². The lowest BCUT2D eigenvalue weighted by atomic mass is 9.82. The van der Waals surface area contributed by atoms with E-state index < -0.39 is 0 Å². The van der Waals surface area contributed by atoms with E-state index in [1.165, 1.54) is 90.4 Å². The summed E-state index contributed by atoms with van der Waals surface area (Å²) >= 11 is 3.79. The molecule has 46 heavy (non-hydrogen) atoms. The number of thiophene rings is 2. The van der Waals surface area contributed by atoms with E-state index in [9.17, 15) is 0 Å². The predicted octanol–water partition coefficient (Wildman–Crippen LogP) is 13.4. The van der Waals surface area contributed by atoms with Gasteiger partial charge in [0, 0.05) is 57.1 Å². The minimum Gasteiger partial charge on any atom is -0.310 e. The summed E-state index contributed by atoms with van der Waals surface area (Å²) in [6.07, 6.45) is 0. The van der Waals surface area contributed by atoms with Gasteiger partial charge in [0.05, 0.1) is 5.69 Å². The Morgan fingerprint density at radius 2 is 1.17 bits per heavy atom. The molecular formula is C43H29NS2. The van der Waals surface area contributed by atoms with Gasteiger partial charge < -0.3 is 4.90 Å². The maximum Gasteiger partial charge on any atom is 0.0554 e. The van der Waals surface area contributed by atoms with Crippen molar-refractivity contribution in [2.75, 3.05) is 4.90 Å². The SMILES string of the molecule is CC1(C)c2ccccc2-c2ccc(N(c3ccc4c(c3)sc3ccccc34)c3cccc4sc5c6ccccc6ccc5c34)cc21. The van der Waals surface area contributed by atoms with Crippen LogP contribution in [0.15, 0.2) is 140 Å². The number of nitrogens with zero attached hydrogens (tertiary/aromatic N) is 1. The van der Waals surface area contributed by atoms with Gasteiger partial charge in [-0.25, -0.2) is 0 Å². The van der Waals surface area contributed by atoms with E-state index in [0.717, 1.165) is 0 Å². The molecule has 0 unspecified atom stereocenters. The minimum atomic E-state index is -0.0803. The molecule has 1 nitrogen and oxygen atoms in total. The molecule has 3 heteroatoms. The summed E-state index contributed by atoms with van der Waals surface area (Å²) in [6, 6.07) is 52.0. The van der Waals surface area contributed by atoms with Gasteiger partial charge in [0.25, 0.3) is 0 Å². The maximum atomic E-state index is 2.51. The number of rotatable bonds is 3. The van der Waals surface area contributed by atoms with Crippen molar-refractivity contribution in [3.05, 3.63) is 151 Å². The molecule has 0 N–H and O–H groups in total. The molecule has 0 atom stereocenters. The fourth-order valence-corrected chi connectivity index (χ4v) is 10.2. The molecule has 0 aliphatic heterocycles. The Kier molecular flexibility index (Phi) is 5.44. The van der Waals surface area contributed by atoms with Gasteiger partial charge >= 0.3 is 0 Å². The van der Waals surface area contributed by atoms with E-state index in [-0.39, 0.29) is 5.41 Å². The van der Waals surface area contributed by atoms with Crippen LogP contribution in [-0.2, 0) is 5.41 Å². The fourth-order valence-electron chi connectivity index (χ4n) is 7.83. The van der Waals surface area contributed by atoms with Gasteiger partial charge in [0.1, 0.15) is 0 Å². The van der Waals surface area contributed by atoms with Crippen LogP contribution in [-0.4, -0.2) is 0 Å². The van der Waals surface area contributed by atoms with E-state index in [1.54, 1.807) is 0 Å². The Labute approximate surface area is 275 Å². The molecule has 0 radical (unpaired) electrons. The third-order valence-electron chi connectivity index (χ3n) is 10.1. The molecule has 1 aliphatic rings. The first kappa shape index (κ1) is 26.3. The summed E-state index contributed by atoms with van der Waals surface area (Å²) in [5, 5.41) is 7.89. The standard InChI is InChI=1S/C43H29NS2/c1-43(2)35-14-7-5-12-30(35)31-22-19-27(24-36(31)43)44(28-20-23-33-32-13-6-8-16-38(32)45-40(33)25-28)37-15-9-17-39-41(37)34-21-18-26-10-3-4-11-29(26)42(34)46-39/h3-25H,1-2H3. The van der Waals surface area contributed by atoms with Crippen molar-refractivity contribution in [3.8, 4) is 11.1 Å². The van der Waals surface area contributed by atoms with Crippen LogP contribution >= 0.6 is 22.7 Å². The molecule has 0 bridgehead atoms. The number of hydrogen-bond donors (Lipinski definition) is 0. The minimum absolute atomic E-state index is 0.0803. The Morgan fingerprint density at radius 3 is 2.11 bits per heavy atom. The molecule has 10 rings (SSSR count). The molecule has 0 spiro atoms. The molecule has 0 amide bonds. The molecule has 7 aromatic carbocycles. The van der Waals surface area contributed by atoms with Crippen molar-refractivity contribution in [2.45, 2.75) is 19.3 Å². The van der Waals surface area contributed by atoms with Crippen molar-refractivity contribution >= 4 is 90.9 Å². The Balaban J connectivity index is 1.26. The van der Waals surface area contributed by atoms with Gasteiger partial charge in [-0.3, -0.25) is 0 Å². The average molecular weight is 624 g/mol. The van der Waals surface area contributed by atoms with Gasteiger partial charge in [0.15, 0.2) is 0 Å². The van der Waals surface area contributed by atoms with E-state index in [1.807, 2.05) is 22.7 Å². The zero-order valence-corrected chi connectivity index (χ0v) is 27.2. The van der Waals surface area contributed by atoms with Crippen LogP contribution in [0.3, 0.4) is 0 Å². The van der Waals surface area contributed by atoms with E-state index in [2.05, 4.69) is 158 Å². The highest BCUT2D eigenvalue weighted by Gasteiger charge is 2.36. The monoisotopic (exact) mass is 623 g/mol. The van der Waals surface area contributed by atoms with Crippen molar-refractivity contribution in [1.82, 2.24) is 0 Å². The topological polar surface area (TPSA) is 3.24 Å². The number of anilines is 3. The molecule has 2 heterocycles. The summed E-state index contributed by atoms with van der Waals surface area (Å²) in [7, 11) is 0. The zero-order chi connectivity index (χ0) is 30.6. The van der Waals surface area contributed by atoms with Crippen LogP contribution in [0, 0.1) is 0 Å². The third-order valence-corrected chi connectivity index (χ3v) is 12.4. The van der Waals surface area contributed by atoms with Gasteiger partial charge in [-0.05, 0) is 75.5 Å². The second-order valence-electron chi connectivity index (χ2n) is 12.9. The summed E-state index contributed by atoms with van der Waals surface area (Å²) in [4.78, 5) is 2.51. The van der Waals surface area contributed by atoms with Crippen molar-refractivity contribution < 1.29 is 0 Å². The summed E-state index contributed by atoms with van der Waals surface area (Å²) in [6.45, 7) is 4.74. The lowest BCUT2D eigenvalue weighted by Gasteiger charge is -2.29. The molecule has 0 saturated heterocycles. The summed E-state index contributed by atoms with van der Waals surface area (Å²) in [5.41, 5.74) is 8.98. The zero-order valence-electron chi connectivity index (χ0n) is 25.5. The van der Waals surface area contributed by atoms with Gasteiger partial charge in [-0.15, -0.1) is 22.7 Å². The quantitative estimate of drug-likeness (QED) is 0.189. The molecule has 218 valence electrons. The van der Waals surface area contributed by atoms with Crippen LogP contribution in [0.2, 0.25) is 0 Å². The van der Waals surface area contributed by atoms with E-state index >= 15 is 0 Å². The lowest BCUT2D eigenvalue weighted by molar-refractivity contribution is 0.660. The average Bonchev–Trinajstić information content (AvgIpc) is 3.73. The molecule has 0 saturated carbocycles. The molecule has 9 aromatic rings. The maximum absolute atomic E-state index is 2.51. The normalized spacial score (nSPS) is 13.6. The highest BCUT2D eigenvalue weighted by Crippen LogP contribution is 2.52. The molecule has 2 aromatic heterocycles. The summed E-state index contributed by atoms with van der Waals surface area (Å²) < 4.78 is 5.30. The van der Waals surface area contributed by atoms with Crippen LogP contribution in [0.1, 0.15) is 25.0 Å². The highest BCUT2D eigenvalue weighted by atomic mass is 32.1. The van der Waals surface area contributed by atoms with E-state index in [4.69, 9.17) is 0 Å². The molecule has 0 fully saturated rings. The summed E-state index contributed by atoms with van der Waals surface area (Å²) in [5.74, 6) is 0. The number of benzene rings is 7. The van der Waals surface area contributed by atoms with Crippen molar-refractivity contribution in [3.63, 3.8) is 0 Å². The Morgan fingerprint density at radius 1 is 0.478 bits per heavy atom. The van der Waals surface area contributed by atoms with Gasteiger partial charge in [0.2, 0.25) is 0 Å². The van der Waals surface area contributed by atoms with Crippen LogP contribution < -0.4 is 4.90 Å². The largest absolute Gasteiger partial charge is 0.310 e. The highest BCUT2D eigenvalue weighted by molar-refractivity contribution is 7.27. The van der Waals surface area contributed by atoms with Crippen LogP contribution in [0.4, 0.5) is 17.1 Å². The van der Waals surface area contributed by atoms with Crippen molar-refractivity contribution in [1.29, 1.82) is 0 Å². The number of hydrogen-bond acceptors (Lipinski definition) is 3. The first-order valence-corrected chi connectivity index (χ1v) is 17.5. The predicted molar refractivity (Wildman–Crippen MR) is 202 cm³/mol. The second-order valence-corrected chi connectivity index (χ2v) is 15.1. The fraction of sp³-hybridized carbons (Fsp3) is 0.0698. The van der Waals surface area contributed by atoms with Gasteiger partial charge in [-0.1, -0.05) is 111 Å². The first-order chi connectivity index (χ1) is 22.6. The van der Waals surface area contributed by atoms with Crippen LogP contribution in [0.25, 0.3) is 62.2 Å². The first-order valence-electron chi connectivity index (χ1n) is 15.9. The van der Waals surface area contributed by atoms with Crippen LogP contribution in [0.5, 0.6) is 0 Å². The van der Waals surface area contributed by atoms with Crippen molar-refractivity contribution in [2.24, 2.45) is 0 Å². The Bertz CT molecular complexity index is 2690. The lowest BCUT2D eigenvalue weighted by Crippen LogP contribution is -2.16. The Hall–Kier alpha value is -4.96. The number of fused-ring (bicyclic) bond motifs is 11. The van der Waals surface area contributed by atoms with Gasteiger partial charge in [-0.2, -0.15) is 0 Å². The second kappa shape index (κ2) is 9.53. The molecule has 1 aliphatic carbocycles. The third kappa shape index (κ3) is 3.61.